The molecular weight excluding hydrogens is 272 g/mol. The fraction of sp³-hybridized carbons (Fsp3) is 0.632. The molecule has 1 aromatic carbocycles. The zero-order chi connectivity index (χ0) is 15.9. The number of fused-ring (bicyclic) bond motifs is 1. The predicted octanol–water partition coefficient (Wildman–Crippen LogP) is 4.00. The first-order valence-corrected chi connectivity index (χ1v) is 8.76. The molecule has 0 unspecified atom stereocenters. The van der Waals surface area contributed by atoms with E-state index in [4.69, 9.17) is 5.73 Å². The molecule has 0 atom stereocenters. The lowest BCUT2D eigenvalue weighted by Crippen LogP contribution is -2.35. The van der Waals surface area contributed by atoms with E-state index in [1.807, 2.05) is 4.90 Å². The van der Waals surface area contributed by atoms with Crippen molar-refractivity contribution in [3.63, 3.8) is 0 Å². The van der Waals surface area contributed by atoms with Crippen molar-refractivity contribution >= 4 is 11.6 Å². The van der Waals surface area contributed by atoms with Gasteiger partial charge in [0.25, 0.3) is 0 Å². The summed E-state index contributed by atoms with van der Waals surface area (Å²) in [7, 11) is 0. The Morgan fingerprint density at radius 1 is 1.23 bits per heavy atom. The number of unbranched alkanes of at least 4 members (excludes halogenated alkanes) is 3. The smallest absolute Gasteiger partial charge is 0.226 e. The van der Waals surface area contributed by atoms with E-state index in [1.165, 1.54) is 11.1 Å². The number of carbonyl (C=O) groups excluding carboxylic acids is 1. The summed E-state index contributed by atoms with van der Waals surface area (Å²) < 4.78 is 0. The summed E-state index contributed by atoms with van der Waals surface area (Å²) in [4.78, 5) is 14.5. The van der Waals surface area contributed by atoms with Gasteiger partial charge in [-0.1, -0.05) is 38.8 Å². The van der Waals surface area contributed by atoms with E-state index >= 15 is 0 Å². The highest BCUT2D eigenvalue weighted by Gasteiger charge is 2.22. The quantitative estimate of drug-likeness (QED) is 0.774. The number of hydrogen-bond acceptors (Lipinski definition) is 2. The number of rotatable bonds is 7. The second-order valence-corrected chi connectivity index (χ2v) is 6.64. The molecule has 0 bridgehead atoms. The Labute approximate surface area is 134 Å². The maximum absolute atomic E-state index is 12.5. The number of hydrogen-bond donors (Lipinski definition) is 1. The molecule has 0 saturated heterocycles. The van der Waals surface area contributed by atoms with E-state index in [-0.39, 0.29) is 5.91 Å². The van der Waals surface area contributed by atoms with Crippen LogP contribution in [0, 0.1) is 0 Å². The van der Waals surface area contributed by atoms with E-state index in [2.05, 4.69) is 32.0 Å². The standard InChI is InChI=1S/C19H30N2O/c1-15(2)16-10-11-18-17(14-16)8-7-13-21(18)19(22)9-5-3-4-6-12-20/h10-11,14-15H,3-9,12-13,20H2,1-2H3. The molecule has 122 valence electrons. The first-order valence-electron chi connectivity index (χ1n) is 8.76. The van der Waals surface area contributed by atoms with Gasteiger partial charge in [-0.2, -0.15) is 0 Å². The summed E-state index contributed by atoms with van der Waals surface area (Å²) >= 11 is 0. The SMILES string of the molecule is CC(C)c1ccc2c(c1)CCCN2C(=O)CCCCCCN. The lowest BCUT2D eigenvalue weighted by atomic mass is 9.94. The summed E-state index contributed by atoms with van der Waals surface area (Å²) in [6.07, 6.45) is 7.13. The first-order chi connectivity index (χ1) is 10.6. The average Bonchev–Trinajstić information content (AvgIpc) is 2.53. The minimum absolute atomic E-state index is 0.283. The van der Waals surface area contributed by atoms with E-state index in [0.717, 1.165) is 57.3 Å². The molecule has 0 spiro atoms. The number of amides is 1. The number of anilines is 1. The van der Waals surface area contributed by atoms with Crippen molar-refractivity contribution in [3.8, 4) is 0 Å². The van der Waals surface area contributed by atoms with Crippen molar-refractivity contribution in [1.82, 2.24) is 0 Å². The molecule has 0 radical (unpaired) electrons. The molecule has 3 heteroatoms. The summed E-state index contributed by atoms with van der Waals surface area (Å²) in [5, 5.41) is 0. The Morgan fingerprint density at radius 3 is 2.73 bits per heavy atom. The van der Waals surface area contributed by atoms with Gasteiger partial charge in [-0.15, -0.1) is 0 Å². The van der Waals surface area contributed by atoms with E-state index in [0.29, 0.717) is 12.3 Å². The minimum Gasteiger partial charge on any atom is -0.330 e. The Morgan fingerprint density at radius 2 is 2.00 bits per heavy atom. The van der Waals surface area contributed by atoms with Crippen LogP contribution in [0.25, 0.3) is 0 Å². The van der Waals surface area contributed by atoms with Crippen LogP contribution in [-0.4, -0.2) is 19.0 Å². The van der Waals surface area contributed by atoms with Crippen LogP contribution in [-0.2, 0) is 11.2 Å². The van der Waals surface area contributed by atoms with Gasteiger partial charge < -0.3 is 10.6 Å². The van der Waals surface area contributed by atoms with Gasteiger partial charge in [0.2, 0.25) is 5.91 Å². The molecule has 0 saturated carbocycles. The Balaban J connectivity index is 1.97. The van der Waals surface area contributed by atoms with Gasteiger partial charge in [0, 0.05) is 18.7 Å². The number of nitrogens with zero attached hydrogens (tertiary/aromatic N) is 1. The predicted molar refractivity (Wildman–Crippen MR) is 93.3 cm³/mol. The molecule has 2 rings (SSSR count). The monoisotopic (exact) mass is 302 g/mol. The molecule has 1 heterocycles. The topological polar surface area (TPSA) is 46.3 Å². The molecule has 0 aromatic heterocycles. The first kappa shape index (κ1) is 17.0. The summed E-state index contributed by atoms with van der Waals surface area (Å²) in [6, 6.07) is 6.62. The van der Waals surface area contributed by atoms with E-state index in [9.17, 15) is 4.79 Å². The van der Waals surface area contributed by atoms with Crippen molar-refractivity contribution in [1.29, 1.82) is 0 Å². The number of aryl methyl sites for hydroxylation is 1. The fourth-order valence-electron chi connectivity index (χ4n) is 3.14. The normalized spacial score (nSPS) is 14.3. The third-order valence-electron chi connectivity index (χ3n) is 4.53. The summed E-state index contributed by atoms with van der Waals surface area (Å²) in [5.41, 5.74) is 9.35. The third-order valence-corrected chi connectivity index (χ3v) is 4.53. The van der Waals surface area contributed by atoms with Gasteiger partial charge >= 0.3 is 0 Å². The number of benzene rings is 1. The van der Waals surface area contributed by atoms with Crippen LogP contribution >= 0.6 is 0 Å². The second-order valence-electron chi connectivity index (χ2n) is 6.64. The number of carbonyl (C=O) groups is 1. The molecule has 2 N–H and O–H groups in total. The Kier molecular flexibility index (Phi) is 6.44. The summed E-state index contributed by atoms with van der Waals surface area (Å²) in [5.74, 6) is 0.824. The molecule has 0 fully saturated rings. The highest BCUT2D eigenvalue weighted by molar-refractivity contribution is 5.94. The van der Waals surface area contributed by atoms with Gasteiger partial charge in [0.05, 0.1) is 0 Å². The lowest BCUT2D eigenvalue weighted by molar-refractivity contribution is -0.118. The second kappa shape index (κ2) is 8.33. The zero-order valence-electron chi connectivity index (χ0n) is 14.1. The fourth-order valence-corrected chi connectivity index (χ4v) is 3.14. The van der Waals surface area contributed by atoms with Crippen molar-refractivity contribution in [2.24, 2.45) is 5.73 Å². The van der Waals surface area contributed by atoms with Crippen LogP contribution in [0.4, 0.5) is 5.69 Å². The van der Waals surface area contributed by atoms with Crippen LogP contribution in [0.1, 0.15) is 69.4 Å². The van der Waals surface area contributed by atoms with Gasteiger partial charge in [-0.3, -0.25) is 4.79 Å². The van der Waals surface area contributed by atoms with Crippen molar-refractivity contribution in [2.75, 3.05) is 18.0 Å². The van der Waals surface area contributed by atoms with Crippen molar-refractivity contribution in [3.05, 3.63) is 29.3 Å². The molecule has 22 heavy (non-hydrogen) atoms. The van der Waals surface area contributed by atoms with E-state index in [1.54, 1.807) is 0 Å². The maximum atomic E-state index is 12.5. The van der Waals surface area contributed by atoms with Gasteiger partial charge in [0.1, 0.15) is 0 Å². The molecular formula is C19H30N2O. The molecule has 1 amide bonds. The van der Waals surface area contributed by atoms with Crippen molar-refractivity contribution in [2.45, 2.75) is 64.7 Å². The van der Waals surface area contributed by atoms with Gasteiger partial charge in [0.15, 0.2) is 0 Å². The van der Waals surface area contributed by atoms with Crippen LogP contribution in [0.2, 0.25) is 0 Å². The molecule has 3 nitrogen and oxygen atoms in total. The lowest BCUT2D eigenvalue weighted by Gasteiger charge is -2.30. The molecule has 1 aromatic rings. The van der Waals surface area contributed by atoms with Crippen molar-refractivity contribution < 1.29 is 4.79 Å². The highest BCUT2D eigenvalue weighted by atomic mass is 16.2. The Hall–Kier alpha value is -1.35. The van der Waals surface area contributed by atoms with Crippen LogP contribution in [0.3, 0.4) is 0 Å². The molecule has 0 aliphatic carbocycles. The Bertz CT molecular complexity index is 496. The zero-order valence-corrected chi connectivity index (χ0v) is 14.1. The molecule has 1 aliphatic rings. The minimum atomic E-state index is 0.283. The van der Waals surface area contributed by atoms with Crippen LogP contribution in [0.5, 0.6) is 0 Å². The van der Waals surface area contributed by atoms with Gasteiger partial charge in [-0.05, 0) is 55.3 Å². The van der Waals surface area contributed by atoms with Gasteiger partial charge in [-0.25, -0.2) is 0 Å². The molecule has 1 aliphatic heterocycles. The largest absolute Gasteiger partial charge is 0.330 e. The highest BCUT2D eigenvalue weighted by Crippen LogP contribution is 2.30. The number of nitrogens with two attached hydrogens (primary N) is 1. The third kappa shape index (κ3) is 4.33. The van der Waals surface area contributed by atoms with Crippen LogP contribution < -0.4 is 10.6 Å². The maximum Gasteiger partial charge on any atom is 0.226 e. The van der Waals surface area contributed by atoms with Crippen LogP contribution in [0.15, 0.2) is 18.2 Å². The average molecular weight is 302 g/mol. The summed E-state index contributed by atoms with van der Waals surface area (Å²) in [6.45, 7) is 6.06. The van der Waals surface area contributed by atoms with E-state index < -0.39 is 0 Å².